The van der Waals surface area contributed by atoms with Gasteiger partial charge in [-0.1, -0.05) is 30.3 Å². The molecule has 26 heavy (non-hydrogen) atoms. The molecule has 1 fully saturated rings. The molecule has 0 radical (unpaired) electrons. The summed E-state index contributed by atoms with van der Waals surface area (Å²) < 4.78 is 11.6. The van der Waals surface area contributed by atoms with Gasteiger partial charge in [0.15, 0.2) is 0 Å². The fourth-order valence-electron chi connectivity index (χ4n) is 3.12. The molecule has 0 bridgehead atoms. The van der Waals surface area contributed by atoms with Gasteiger partial charge in [-0.05, 0) is 46.0 Å². The van der Waals surface area contributed by atoms with Crippen molar-refractivity contribution in [3.63, 3.8) is 0 Å². The number of methoxy groups -OCH3 is 1. The highest BCUT2D eigenvalue weighted by Gasteiger charge is 2.26. The van der Waals surface area contributed by atoms with Gasteiger partial charge >= 0.3 is 5.97 Å². The van der Waals surface area contributed by atoms with Crippen molar-refractivity contribution in [3.8, 4) is 0 Å². The van der Waals surface area contributed by atoms with Gasteiger partial charge in [-0.3, -0.25) is 4.79 Å². The predicted molar refractivity (Wildman–Crippen MR) is 104 cm³/mol. The average Bonchev–Trinajstić information content (AvgIpc) is 2.70. The smallest absolute Gasteiger partial charge is 0.308 e. The summed E-state index contributed by atoms with van der Waals surface area (Å²) >= 11 is 3.56. The van der Waals surface area contributed by atoms with E-state index in [0.717, 1.165) is 47.3 Å². The molecule has 1 aromatic carbocycles. The Balaban J connectivity index is 1.58. The van der Waals surface area contributed by atoms with Crippen molar-refractivity contribution >= 4 is 27.7 Å². The highest BCUT2D eigenvalue weighted by Crippen LogP contribution is 2.26. The van der Waals surface area contributed by atoms with Crippen LogP contribution in [0.4, 0.5) is 5.82 Å². The number of rotatable bonds is 6. The standard InChI is InChI=1S/C20H23BrN2O3/c1-25-20(24)16-7-9-23(10-8-16)19-11-17(18(21)12-22-19)14-26-13-15-5-3-2-4-6-15/h2-6,11-12,16H,7-10,13-14H2,1H3. The van der Waals surface area contributed by atoms with E-state index in [0.29, 0.717) is 13.2 Å². The number of pyridine rings is 1. The topological polar surface area (TPSA) is 51.7 Å². The van der Waals surface area contributed by atoms with Crippen molar-refractivity contribution in [3.05, 3.63) is 58.2 Å². The number of benzene rings is 1. The fourth-order valence-corrected chi connectivity index (χ4v) is 3.45. The Hall–Kier alpha value is -1.92. The van der Waals surface area contributed by atoms with Crippen LogP contribution >= 0.6 is 15.9 Å². The van der Waals surface area contributed by atoms with Crippen molar-refractivity contribution < 1.29 is 14.3 Å². The van der Waals surface area contributed by atoms with Gasteiger partial charge in [0.2, 0.25) is 0 Å². The van der Waals surface area contributed by atoms with Gasteiger partial charge in [0.05, 0.1) is 26.2 Å². The first-order chi connectivity index (χ1) is 12.7. The zero-order chi connectivity index (χ0) is 18.4. The second-order valence-corrected chi connectivity index (χ2v) is 7.25. The maximum atomic E-state index is 11.7. The molecule has 0 amide bonds. The molecule has 6 heteroatoms. The molecular weight excluding hydrogens is 396 g/mol. The Kier molecular flexibility index (Phi) is 6.63. The molecule has 0 saturated carbocycles. The van der Waals surface area contributed by atoms with E-state index in [2.05, 4.69) is 44.0 Å². The Morgan fingerprint density at radius 2 is 1.96 bits per heavy atom. The SMILES string of the molecule is COC(=O)C1CCN(c2cc(COCc3ccccc3)c(Br)cn2)CC1. The highest BCUT2D eigenvalue weighted by atomic mass is 79.9. The van der Waals surface area contributed by atoms with Gasteiger partial charge in [-0.15, -0.1) is 0 Å². The van der Waals surface area contributed by atoms with Gasteiger partial charge in [-0.2, -0.15) is 0 Å². The third-order valence-corrected chi connectivity index (χ3v) is 5.36. The summed E-state index contributed by atoms with van der Waals surface area (Å²) in [4.78, 5) is 18.4. The monoisotopic (exact) mass is 418 g/mol. The zero-order valence-corrected chi connectivity index (χ0v) is 16.4. The summed E-state index contributed by atoms with van der Waals surface area (Å²) in [6, 6.07) is 12.2. The van der Waals surface area contributed by atoms with E-state index in [1.54, 1.807) is 0 Å². The first-order valence-electron chi connectivity index (χ1n) is 8.76. The van der Waals surface area contributed by atoms with Crippen LogP contribution in [0, 0.1) is 5.92 Å². The molecule has 1 aliphatic heterocycles. The number of ether oxygens (including phenoxy) is 2. The summed E-state index contributed by atoms with van der Waals surface area (Å²) in [5.74, 6) is 0.818. The fraction of sp³-hybridized carbons (Fsp3) is 0.400. The molecule has 5 nitrogen and oxygen atoms in total. The zero-order valence-electron chi connectivity index (χ0n) is 14.9. The van der Waals surface area contributed by atoms with Gasteiger partial charge in [0, 0.05) is 23.8 Å². The van der Waals surface area contributed by atoms with Crippen molar-refractivity contribution in [2.75, 3.05) is 25.1 Å². The lowest BCUT2D eigenvalue weighted by Crippen LogP contribution is -2.37. The minimum atomic E-state index is -0.108. The summed E-state index contributed by atoms with van der Waals surface area (Å²) in [5.41, 5.74) is 2.23. The number of piperidine rings is 1. The van der Waals surface area contributed by atoms with E-state index in [1.807, 2.05) is 24.4 Å². The van der Waals surface area contributed by atoms with E-state index in [4.69, 9.17) is 9.47 Å². The maximum Gasteiger partial charge on any atom is 0.308 e. The van der Waals surface area contributed by atoms with E-state index in [9.17, 15) is 4.79 Å². The van der Waals surface area contributed by atoms with Crippen molar-refractivity contribution in [2.45, 2.75) is 26.1 Å². The number of aromatic nitrogens is 1. The van der Waals surface area contributed by atoms with Gasteiger partial charge in [0.1, 0.15) is 5.82 Å². The predicted octanol–water partition coefficient (Wildman–Crippen LogP) is 3.95. The summed E-state index contributed by atoms with van der Waals surface area (Å²) in [6.07, 6.45) is 3.41. The van der Waals surface area contributed by atoms with Crippen LogP contribution in [0.3, 0.4) is 0 Å². The third kappa shape index (κ3) is 4.83. The lowest BCUT2D eigenvalue weighted by molar-refractivity contribution is -0.146. The number of carbonyl (C=O) groups excluding carboxylic acids is 1. The lowest BCUT2D eigenvalue weighted by atomic mass is 9.97. The van der Waals surface area contributed by atoms with E-state index < -0.39 is 0 Å². The van der Waals surface area contributed by atoms with Crippen LogP contribution < -0.4 is 4.90 Å². The first kappa shape index (κ1) is 18.9. The number of hydrogen-bond donors (Lipinski definition) is 0. The second-order valence-electron chi connectivity index (χ2n) is 6.40. The number of nitrogens with zero attached hydrogens (tertiary/aromatic N) is 2. The van der Waals surface area contributed by atoms with Crippen LogP contribution in [0.25, 0.3) is 0 Å². The molecule has 3 rings (SSSR count). The van der Waals surface area contributed by atoms with E-state index in [1.165, 1.54) is 7.11 Å². The van der Waals surface area contributed by atoms with Gasteiger partial charge in [-0.25, -0.2) is 4.98 Å². The van der Waals surface area contributed by atoms with Crippen LogP contribution in [0.5, 0.6) is 0 Å². The Labute approximate surface area is 162 Å². The quantitative estimate of drug-likeness (QED) is 0.664. The lowest BCUT2D eigenvalue weighted by Gasteiger charge is -2.31. The minimum absolute atomic E-state index is 0.000347. The molecule has 138 valence electrons. The number of carbonyl (C=O) groups is 1. The Bertz CT molecular complexity index is 731. The number of halogens is 1. The summed E-state index contributed by atoms with van der Waals surface area (Å²) in [6.45, 7) is 2.70. The van der Waals surface area contributed by atoms with E-state index >= 15 is 0 Å². The molecule has 0 atom stereocenters. The van der Waals surface area contributed by atoms with Crippen LogP contribution in [0.15, 0.2) is 47.1 Å². The van der Waals surface area contributed by atoms with Gasteiger partial charge in [0.25, 0.3) is 0 Å². The van der Waals surface area contributed by atoms with Crippen molar-refractivity contribution in [2.24, 2.45) is 5.92 Å². The Morgan fingerprint density at radius 1 is 1.23 bits per heavy atom. The van der Waals surface area contributed by atoms with Crippen molar-refractivity contribution in [1.29, 1.82) is 0 Å². The van der Waals surface area contributed by atoms with E-state index in [-0.39, 0.29) is 11.9 Å². The molecular formula is C20H23BrN2O3. The second kappa shape index (κ2) is 9.14. The molecule has 2 aromatic rings. The molecule has 0 aliphatic carbocycles. The third-order valence-electron chi connectivity index (χ3n) is 4.64. The summed E-state index contributed by atoms with van der Waals surface area (Å²) in [7, 11) is 1.45. The van der Waals surface area contributed by atoms with Crippen LogP contribution in [-0.2, 0) is 27.5 Å². The Morgan fingerprint density at radius 3 is 2.65 bits per heavy atom. The number of esters is 1. The number of hydrogen-bond acceptors (Lipinski definition) is 5. The molecule has 2 heterocycles. The van der Waals surface area contributed by atoms with Crippen LogP contribution in [0.2, 0.25) is 0 Å². The van der Waals surface area contributed by atoms with Crippen LogP contribution in [0.1, 0.15) is 24.0 Å². The number of anilines is 1. The molecule has 1 aliphatic rings. The molecule has 0 unspecified atom stereocenters. The van der Waals surface area contributed by atoms with Crippen LogP contribution in [-0.4, -0.2) is 31.2 Å². The molecule has 0 N–H and O–H groups in total. The molecule has 1 saturated heterocycles. The van der Waals surface area contributed by atoms with Gasteiger partial charge < -0.3 is 14.4 Å². The molecule has 0 spiro atoms. The minimum Gasteiger partial charge on any atom is -0.469 e. The first-order valence-corrected chi connectivity index (χ1v) is 9.55. The highest BCUT2D eigenvalue weighted by molar-refractivity contribution is 9.10. The largest absolute Gasteiger partial charge is 0.469 e. The normalized spacial score (nSPS) is 15.1. The average molecular weight is 419 g/mol. The summed E-state index contributed by atoms with van der Waals surface area (Å²) in [5, 5.41) is 0. The molecule has 1 aromatic heterocycles. The van der Waals surface area contributed by atoms with Crippen molar-refractivity contribution in [1.82, 2.24) is 4.98 Å². The maximum absolute atomic E-state index is 11.7.